The summed E-state index contributed by atoms with van der Waals surface area (Å²) in [5.41, 5.74) is 6.69. The van der Waals surface area contributed by atoms with E-state index in [9.17, 15) is 10.1 Å². The minimum atomic E-state index is -0.511. The van der Waals surface area contributed by atoms with Gasteiger partial charge in [0.2, 0.25) is 0 Å². The Bertz CT molecular complexity index is 692. The summed E-state index contributed by atoms with van der Waals surface area (Å²) in [5.74, 6) is 0.895. The van der Waals surface area contributed by atoms with Crippen molar-refractivity contribution >= 4 is 33.2 Å². The van der Waals surface area contributed by atoms with Gasteiger partial charge in [-0.25, -0.2) is 0 Å². The van der Waals surface area contributed by atoms with E-state index < -0.39 is 4.92 Å². The zero-order chi connectivity index (χ0) is 15.6. The molecule has 0 amide bonds. The van der Waals surface area contributed by atoms with Gasteiger partial charge in [0.25, 0.3) is 5.69 Å². The Morgan fingerprint density at radius 2 is 1.95 bits per heavy atom. The Morgan fingerprint density at radius 3 is 2.48 bits per heavy atom. The molecule has 21 heavy (non-hydrogen) atoms. The van der Waals surface area contributed by atoms with E-state index in [2.05, 4.69) is 15.9 Å². The standard InChI is InChI=1S/C14H12BrClN2O3/c1-8(17)9-2-4-13(11(15)6-9)21-14-5-3-10(18(19)20)7-12(14)16/h2-8H,17H2,1H3/t8-/m1/s1. The molecule has 0 radical (unpaired) electrons. The number of rotatable bonds is 4. The lowest BCUT2D eigenvalue weighted by atomic mass is 10.1. The number of ether oxygens (including phenoxy) is 1. The number of nitro groups is 1. The van der Waals surface area contributed by atoms with Gasteiger partial charge < -0.3 is 10.5 Å². The molecule has 0 fully saturated rings. The summed E-state index contributed by atoms with van der Waals surface area (Å²) in [5, 5.41) is 10.8. The molecule has 0 aliphatic rings. The quantitative estimate of drug-likeness (QED) is 0.617. The molecule has 2 aromatic rings. The van der Waals surface area contributed by atoms with Crippen LogP contribution in [0, 0.1) is 10.1 Å². The fourth-order valence-electron chi connectivity index (χ4n) is 1.69. The Labute approximate surface area is 134 Å². The van der Waals surface area contributed by atoms with Gasteiger partial charge in [0.15, 0.2) is 0 Å². The molecule has 1 atom stereocenters. The van der Waals surface area contributed by atoms with Gasteiger partial charge in [-0.1, -0.05) is 17.7 Å². The highest BCUT2D eigenvalue weighted by Gasteiger charge is 2.12. The van der Waals surface area contributed by atoms with Crippen LogP contribution in [0.3, 0.4) is 0 Å². The van der Waals surface area contributed by atoms with Crippen molar-refractivity contribution in [1.82, 2.24) is 0 Å². The molecule has 0 saturated heterocycles. The molecule has 0 aliphatic carbocycles. The summed E-state index contributed by atoms with van der Waals surface area (Å²) < 4.78 is 6.40. The first kappa shape index (κ1) is 15.8. The predicted molar refractivity (Wildman–Crippen MR) is 84.9 cm³/mol. The topological polar surface area (TPSA) is 78.4 Å². The Balaban J connectivity index is 2.28. The number of hydrogen-bond donors (Lipinski definition) is 1. The lowest BCUT2D eigenvalue weighted by molar-refractivity contribution is -0.384. The second kappa shape index (κ2) is 6.43. The minimum absolute atomic E-state index is 0.0845. The number of nitro benzene ring substituents is 1. The molecule has 2 aromatic carbocycles. The predicted octanol–water partition coefficient (Wildman–Crippen LogP) is 4.82. The van der Waals surface area contributed by atoms with Gasteiger partial charge in [-0.3, -0.25) is 10.1 Å². The zero-order valence-corrected chi connectivity index (χ0v) is 13.4. The number of non-ortho nitro benzene ring substituents is 1. The molecule has 2 N–H and O–H groups in total. The molecule has 2 rings (SSSR count). The largest absolute Gasteiger partial charge is 0.455 e. The van der Waals surface area contributed by atoms with E-state index in [1.807, 2.05) is 19.1 Å². The Morgan fingerprint density at radius 1 is 1.29 bits per heavy atom. The van der Waals surface area contributed by atoms with E-state index in [1.165, 1.54) is 18.2 Å². The number of nitrogens with two attached hydrogens (primary N) is 1. The molecule has 0 bridgehead atoms. The van der Waals surface area contributed by atoms with Crippen molar-refractivity contribution in [2.24, 2.45) is 5.73 Å². The lowest BCUT2D eigenvalue weighted by Gasteiger charge is -2.12. The SMILES string of the molecule is C[C@@H](N)c1ccc(Oc2ccc([N+](=O)[O-])cc2Cl)c(Br)c1. The van der Waals surface area contributed by atoms with Gasteiger partial charge in [0.1, 0.15) is 11.5 Å². The third-order valence-corrected chi connectivity index (χ3v) is 3.74. The van der Waals surface area contributed by atoms with Gasteiger partial charge in [-0.2, -0.15) is 0 Å². The molecule has 0 aliphatic heterocycles. The monoisotopic (exact) mass is 370 g/mol. The highest BCUT2D eigenvalue weighted by molar-refractivity contribution is 9.10. The number of nitrogens with zero attached hydrogens (tertiary/aromatic N) is 1. The number of halogens is 2. The first-order chi connectivity index (χ1) is 9.88. The summed E-state index contributed by atoms with van der Waals surface area (Å²) in [7, 11) is 0. The van der Waals surface area contributed by atoms with Crippen LogP contribution in [0.4, 0.5) is 5.69 Å². The second-order valence-corrected chi connectivity index (χ2v) is 5.71. The van der Waals surface area contributed by atoms with Crippen molar-refractivity contribution < 1.29 is 9.66 Å². The molecule has 0 aromatic heterocycles. The van der Waals surface area contributed by atoms with E-state index in [-0.39, 0.29) is 16.8 Å². The summed E-state index contributed by atoms with van der Waals surface area (Å²) >= 11 is 9.40. The van der Waals surface area contributed by atoms with Gasteiger partial charge in [-0.05, 0) is 46.6 Å². The van der Waals surface area contributed by atoms with Crippen LogP contribution in [0.15, 0.2) is 40.9 Å². The highest BCUT2D eigenvalue weighted by atomic mass is 79.9. The first-order valence-corrected chi connectivity index (χ1v) is 7.22. The summed E-state index contributed by atoms with van der Waals surface area (Å²) in [4.78, 5) is 10.2. The van der Waals surface area contributed by atoms with Crippen molar-refractivity contribution in [3.63, 3.8) is 0 Å². The van der Waals surface area contributed by atoms with Crippen LogP contribution < -0.4 is 10.5 Å². The molecular formula is C14H12BrClN2O3. The Hall–Kier alpha value is -1.63. The maximum absolute atomic E-state index is 10.7. The number of benzene rings is 2. The highest BCUT2D eigenvalue weighted by Crippen LogP contribution is 2.36. The van der Waals surface area contributed by atoms with Crippen LogP contribution in [0.25, 0.3) is 0 Å². The van der Waals surface area contributed by atoms with Crippen LogP contribution in [0.1, 0.15) is 18.5 Å². The molecule has 0 heterocycles. The van der Waals surface area contributed by atoms with Crippen molar-refractivity contribution in [2.75, 3.05) is 0 Å². The van der Waals surface area contributed by atoms with Crippen LogP contribution in [-0.4, -0.2) is 4.92 Å². The summed E-state index contributed by atoms with van der Waals surface area (Å²) in [6.45, 7) is 1.88. The van der Waals surface area contributed by atoms with Crippen LogP contribution in [0.5, 0.6) is 11.5 Å². The maximum Gasteiger partial charge on any atom is 0.271 e. The average molecular weight is 372 g/mol. The fourth-order valence-corrected chi connectivity index (χ4v) is 2.38. The normalized spacial score (nSPS) is 12.0. The van der Waals surface area contributed by atoms with Crippen molar-refractivity contribution in [3.05, 3.63) is 61.6 Å². The van der Waals surface area contributed by atoms with Crippen LogP contribution in [0.2, 0.25) is 5.02 Å². The minimum Gasteiger partial charge on any atom is -0.455 e. The van der Waals surface area contributed by atoms with Crippen LogP contribution >= 0.6 is 27.5 Å². The van der Waals surface area contributed by atoms with E-state index in [1.54, 1.807) is 6.07 Å². The van der Waals surface area contributed by atoms with Crippen molar-refractivity contribution in [1.29, 1.82) is 0 Å². The molecule has 7 heteroatoms. The van der Waals surface area contributed by atoms with E-state index in [0.29, 0.717) is 11.5 Å². The van der Waals surface area contributed by atoms with Gasteiger partial charge in [-0.15, -0.1) is 0 Å². The molecule has 0 spiro atoms. The first-order valence-electron chi connectivity index (χ1n) is 6.05. The average Bonchev–Trinajstić information content (AvgIpc) is 2.42. The molecule has 0 saturated carbocycles. The Kier molecular flexibility index (Phi) is 4.82. The van der Waals surface area contributed by atoms with Crippen molar-refractivity contribution in [3.8, 4) is 11.5 Å². The fraction of sp³-hybridized carbons (Fsp3) is 0.143. The maximum atomic E-state index is 10.7. The zero-order valence-electron chi connectivity index (χ0n) is 11.0. The molecular weight excluding hydrogens is 360 g/mol. The summed E-state index contributed by atoms with van der Waals surface area (Å²) in [6, 6.07) is 9.45. The second-order valence-electron chi connectivity index (χ2n) is 4.45. The van der Waals surface area contributed by atoms with Gasteiger partial charge in [0.05, 0.1) is 14.4 Å². The molecule has 5 nitrogen and oxygen atoms in total. The smallest absolute Gasteiger partial charge is 0.271 e. The lowest BCUT2D eigenvalue weighted by Crippen LogP contribution is -2.04. The van der Waals surface area contributed by atoms with Gasteiger partial charge >= 0.3 is 0 Å². The van der Waals surface area contributed by atoms with Gasteiger partial charge in [0, 0.05) is 18.2 Å². The van der Waals surface area contributed by atoms with Crippen LogP contribution in [-0.2, 0) is 0 Å². The van der Waals surface area contributed by atoms with E-state index in [4.69, 9.17) is 22.1 Å². The third kappa shape index (κ3) is 3.72. The molecule has 110 valence electrons. The molecule has 0 unspecified atom stereocenters. The summed E-state index contributed by atoms with van der Waals surface area (Å²) in [6.07, 6.45) is 0. The third-order valence-electron chi connectivity index (χ3n) is 2.83. The van der Waals surface area contributed by atoms with Crippen molar-refractivity contribution in [2.45, 2.75) is 13.0 Å². The van der Waals surface area contributed by atoms with E-state index in [0.717, 1.165) is 10.0 Å². The number of hydrogen-bond acceptors (Lipinski definition) is 4. The van der Waals surface area contributed by atoms with E-state index >= 15 is 0 Å².